The molecule has 2 aromatic carbocycles. The molecule has 3 rings (SSSR count). The Morgan fingerprint density at radius 2 is 1.79 bits per heavy atom. The monoisotopic (exact) mass is 402 g/mol. The molecule has 0 aromatic heterocycles. The van der Waals surface area contributed by atoms with Gasteiger partial charge in [0.1, 0.15) is 5.75 Å². The normalized spacial score (nSPS) is 16.9. The van der Waals surface area contributed by atoms with Crippen molar-refractivity contribution in [2.75, 3.05) is 46.2 Å². The van der Waals surface area contributed by atoms with E-state index in [1.807, 2.05) is 24.3 Å². The first-order chi connectivity index (χ1) is 13.6. The molecule has 0 aliphatic carbocycles. The van der Waals surface area contributed by atoms with E-state index in [1.54, 1.807) is 37.6 Å². The molecular weight excluding hydrogens is 376 g/mol. The number of carbonyl (C=O) groups is 1. The number of hydrogen-bond acceptors (Lipinski definition) is 5. The summed E-state index contributed by atoms with van der Waals surface area (Å²) in [5.74, 6) is 0.669. The predicted octanol–water partition coefficient (Wildman–Crippen LogP) is 2.24. The summed E-state index contributed by atoms with van der Waals surface area (Å²) in [5.41, 5.74) is 1.68. The lowest BCUT2D eigenvalue weighted by Gasteiger charge is -2.35. The second-order valence-corrected chi connectivity index (χ2v) is 8.01. The fourth-order valence-electron chi connectivity index (χ4n) is 3.26. The Balaban J connectivity index is 1.71. The van der Waals surface area contributed by atoms with Crippen LogP contribution in [0.2, 0.25) is 0 Å². The Morgan fingerprint density at radius 1 is 1.14 bits per heavy atom. The van der Waals surface area contributed by atoms with Gasteiger partial charge in [0.05, 0.1) is 26.4 Å². The van der Waals surface area contributed by atoms with Crippen molar-refractivity contribution in [3.8, 4) is 5.75 Å². The van der Waals surface area contributed by atoms with Crippen LogP contribution in [0.5, 0.6) is 5.75 Å². The molecule has 1 fully saturated rings. The highest BCUT2D eigenvalue weighted by Crippen LogP contribution is 2.24. The molecule has 2 aromatic rings. The third-order valence-electron chi connectivity index (χ3n) is 4.89. The fourth-order valence-corrected chi connectivity index (χ4v) is 3.78. The smallest absolute Gasteiger partial charge is 0.251 e. The first-order valence-corrected chi connectivity index (χ1v) is 10.8. The summed E-state index contributed by atoms with van der Waals surface area (Å²) in [4.78, 5) is 15.6. The van der Waals surface area contributed by atoms with Gasteiger partial charge < -0.3 is 14.8 Å². The van der Waals surface area contributed by atoms with Crippen molar-refractivity contribution in [2.24, 2.45) is 0 Å². The number of nitrogens with one attached hydrogen (secondary N) is 1. The van der Waals surface area contributed by atoms with E-state index in [4.69, 9.17) is 9.47 Å². The van der Waals surface area contributed by atoms with E-state index in [9.17, 15) is 9.00 Å². The van der Waals surface area contributed by atoms with Gasteiger partial charge in [0.25, 0.3) is 5.91 Å². The highest BCUT2D eigenvalue weighted by Gasteiger charge is 2.23. The lowest BCUT2D eigenvalue weighted by molar-refractivity contribution is 0.0162. The predicted molar refractivity (Wildman–Crippen MR) is 109 cm³/mol. The largest absolute Gasteiger partial charge is 0.497 e. The molecular formula is C21H26N2O4S. The lowest BCUT2D eigenvalue weighted by atomic mass is 10.0. The third kappa shape index (κ3) is 5.19. The Morgan fingerprint density at radius 3 is 2.36 bits per heavy atom. The number of nitrogens with zero attached hydrogens (tertiary/aromatic N) is 1. The summed E-state index contributed by atoms with van der Waals surface area (Å²) in [7, 11) is 0.594. The van der Waals surface area contributed by atoms with Crippen LogP contribution in [-0.2, 0) is 15.5 Å². The summed E-state index contributed by atoms with van der Waals surface area (Å²) >= 11 is 0. The number of amides is 1. The molecule has 6 nitrogen and oxygen atoms in total. The molecule has 150 valence electrons. The number of ether oxygens (including phenoxy) is 2. The number of morpholine rings is 1. The van der Waals surface area contributed by atoms with Gasteiger partial charge in [-0.1, -0.05) is 12.1 Å². The minimum atomic E-state index is -1.05. The maximum absolute atomic E-state index is 12.6. The van der Waals surface area contributed by atoms with Crippen molar-refractivity contribution in [3.05, 3.63) is 59.7 Å². The molecule has 2 atom stereocenters. The summed E-state index contributed by atoms with van der Waals surface area (Å²) < 4.78 is 22.2. The number of rotatable bonds is 7. The van der Waals surface area contributed by atoms with E-state index in [-0.39, 0.29) is 11.9 Å². The van der Waals surface area contributed by atoms with Crippen molar-refractivity contribution in [1.82, 2.24) is 10.2 Å². The molecule has 1 heterocycles. The summed E-state index contributed by atoms with van der Waals surface area (Å²) in [6.07, 6.45) is 1.62. The highest BCUT2D eigenvalue weighted by atomic mass is 32.2. The van der Waals surface area contributed by atoms with Gasteiger partial charge in [-0.15, -0.1) is 0 Å². The van der Waals surface area contributed by atoms with Crippen LogP contribution in [0.25, 0.3) is 0 Å². The van der Waals surface area contributed by atoms with Crippen molar-refractivity contribution in [3.63, 3.8) is 0 Å². The van der Waals surface area contributed by atoms with E-state index in [0.717, 1.165) is 24.4 Å². The first kappa shape index (κ1) is 20.5. The average Bonchev–Trinajstić information content (AvgIpc) is 2.75. The van der Waals surface area contributed by atoms with Crippen LogP contribution in [-0.4, -0.2) is 61.2 Å². The number of hydrogen-bond donors (Lipinski definition) is 1. The minimum absolute atomic E-state index is 0.0566. The average molecular weight is 403 g/mol. The molecule has 7 heteroatoms. The molecule has 1 aliphatic rings. The SMILES string of the molecule is COc1ccc(C(CNC(=O)c2ccc(S(C)=O)cc2)N2CCOCC2)cc1. The van der Waals surface area contributed by atoms with Crippen LogP contribution in [0, 0.1) is 0 Å². The van der Waals surface area contributed by atoms with Crippen molar-refractivity contribution in [1.29, 1.82) is 0 Å². The van der Waals surface area contributed by atoms with Crippen LogP contribution in [0.3, 0.4) is 0 Å². The van der Waals surface area contributed by atoms with E-state index in [0.29, 0.717) is 30.2 Å². The summed E-state index contributed by atoms with van der Waals surface area (Å²) in [6.45, 7) is 3.52. The molecule has 1 aliphatic heterocycles. The maximum Gasteiger partial charge on any atom is 0.251 e. The molecule has 0 saturated carbocycles. The molecule has 2 unspecified atom stereocenters. The molecule has 28 heavy (non-hydrogen) atoms. The van der Waals surface area contributed by atoms with Crippen LogP contribution >= 0.6 is 0 Å². The Hall–Kier alpha value is -2.22. The maximum atomic E-state index is 12.6. The minimum Gasteiger partial charge on any atom is -0.497 e. The Kier molecular flexibility index (Phi) is 7.19. The molecule has 1 N–H and O–H groups in total. The van der Waals surface area contributed by atoms with Crippen LogP contribution < -0.4 is 10.1 Å². The van der Waals surface area contributed by atoms with Gasteiger partial charge in [0, 0.05) is 47.1 Å². The van der Waals surface area contributed by atoms with E-state index < -0.39 is 10.8 Å². The summed E-state index contributed by atoms with van der Waals surface area (Å²) in [5, 5.41) is 3.04. The van der Waals surface area contributed by atoms with E-state index >= 15 is 0 Å². The van der Waals surface area contributed by atoms with Crippen LogP contribution in [0.1, 0.15) is 22.0 Å². The van der Waals surface area contributed by atoms with Gasteiger partial charge in [0.2, 0.25) is 0 Å². The van der Waals surface area contributed by atoms with Gasteiger partial charge in [-0.2, -0.15) is 0 Å². The Bertz CT molecular complexity index is 802. The van der Waals surface area contributed by atoms with Crippen molar-refractivity contribution < 1.29 is 18.5 Å². The van der Waals surface area contributed by atoms with Crippen LogP contribution in [0.4, 0.5) is 0 Å². The highest BCUT2D eigenvalue weighted by molar-refractivity contribution is 7.84. The number of carbonyl (C=O) groups excluding carboxylic acids is 1. The molecule has 0 radical (unpaired) electrons. The summed E-state index contributed by atoms with van der Waals surface area (Å²) in [6, 6.07) is 14.9. The van der Waals surface area contributed by atoms with Gasteiger partial charge in [-0.05, 0) is 42.0 Å². The molecule has 1 amide bonds. The zero-order valence-corrected chi connectivity index (χ0v) is 17.0. The third-order valence-corrected chi connectivity index (χ3v) is 5.83. The van der Waals surface area contributed by atoms with Crippen LogP contribution in [0.15, 0.2) is 53.4 Å². The van der Waals surface area contributed by atoms with Crippen molar-refractivity contribution >= 4 is 16.7 Å². The first-order valence-electron chi connectivity index (χ1n) is 9.26. The van der Waals surface area contributed by atoms with E-state index in [2.05, 4.69) is 10.2 Å². The quantitative estimate of drug-likeness (QED) is 0.769. The van der Waals surface area contributed by atoms with Gasteiger partial charge >= 0.3 is 0 Å². The lowest BCUT2D eigenvalue weighted by Crippen LogP contribution is -2.43. The zero-order valence-electron chi connectivity index (χ0n) is 16.2. The number of methoxy groups -OCH3 is 1. The van der Waals surface area contributed by atoms with Gasteiger partial charge in [-0.25, -0.2) is 0 Å². The molecule has 0 bridgehead atoms. The zero-order chi connectivity index (χ0) is 19.9. The standard InChI is InChI=1S/C21H26N2O4S/c1-26-18-7-3-16(4-8-18)20(23-11-13-27-14-12-23)15-22-21(24)17-5-9-19(10-6-17)28(2)25/h3-10,20H,11-15H2,1-2H3,(H,22,24). The second-order valence-electron chi connectivity index (χ2n) is 6.63. The van der Waals surface area contributed by atoms with E-state index in [1.165, 1.54) is 0 Å². The Labute approximate surface area is 168 Å². The number of benzene rings is 2. The second kappa shape index (κ2) is 9.82. The molecule has 0 spiro atoms. The topological polar surface area (TPSA) is 67.9 Å². The fraction of sp³-hybridized carbons (Fsp3) is 0.381. The van der Waals surface area contributed by atoms with Crippen molar-refractivity contribution in [2.45, 2.75) is 10.9 Å². The van der Waals surface area contributed by atoms with Gasteiger partial charge in [-0.3, -0.25) is 13.9 Å². The molecule has 1 saturated heterocycles. The van der Waals surface area contributed by atoms with Gasteiger partial charge in [0.15, 0.2) is 0 Å².